The number of nitrogens with one attached hydrogen (secondary N) is 1. The van der Waals surface area contributed by atoms with Crippen LogP contribution in [0.2, 0.25) is 0 Å². The van der Waals surface area contributed by atoms with Gasteiger partial charge >= 0.3 is 0 Å². The van der Waals surface area contributed by atoms with Crippen molar-refractivity contribution in [3.63, 3.8) is 0 Å². The molecule has 0 bridgehead atoms. The van der Waals surface area contributed by atoms with Crippen molar-refractivity contribution in [1.82, 2.24) is 0 Å². The summed E-state index contributed by atoms with van der Waals surface area (Å²) < 4.78 is 18.2. The topological polar surface area (TPSA) is 64.6 Å². The highest BCUT2D eigenvalue weighted by Crippen LogP contribution is 2.45. The number of hydrogen-bond acceptors (Lipinski definition) is 4. The van der Waals surface area contributed by atoms with Crippen molar-refractivity contribution < 1.29 is 18.4 Å². The van der Waals surface area contributed by atoms with Crippen LogP contribution < -0.4 is 5.32 Å². The Kier molecular flexibility index (Phi) is 3.36. The van der Waals surface area contributed by atoms with Gasteiger partial charge in [0.1, 0.15) is 18.1 Å². The van der Waals surface area contributed by atoms with Crippen molar-refractivity contribution in [2.24, 2.45) is 0 Å². The molecule has 3 heterocycles. The van der Waals surface area contributed by atoms with Gasteiger partial charge in [0.2, 0.25) is 11.5 Å². The van der Waals surface area contributed by atoms with E-state index in [1.54, 1.807) is 24.7 Å². The molecule has 4 rings (SSSR count). The molecule has 1 aliphatic rings. The van der Waals surface area contributed by atoms with E-state index in [2.05, 4.69) is 21.2 Å². The number of carbonyl (C=O) groups is 1. The lowest BCUT2D eigenvalue weighted by Gasteiger charge is -2.29. The number of amides is 1. The van der Waals surface area contributed by atoms with Gasteiger partial charge in [-0.05, 0) is 42.5 Å². The molecule has 0 fully saturated rings. The largest absolute Gasteiger partial charge is 0.465 e. The van der Waals surface area contributed by atoms with E-state index in [0.717, 1.165) is 10.0 Å². The third-order valence-electron chi connectivity index (χ3n) is 3.79. The zero-order chi connectivity index (χ0) is 15.9. The predicted molar refractivity (Wildman–Crippen MR) is 86.0 cm³/mol. The van der Waals surface area contributed by atoms with Crippen molar-refractivity contribution in [3.8, 4) is 0 Å². The highest BCUT2D eigenvalue weighted by atomic mass is 79.9. The van der Waals surface area contributed by atoms with Gasteiger partial charge in [0.15, 0.2) is 0 Å². The quantitative estimate of drug-likeness (QED) is 0.739. The summed E-state index contributed by atoms with van der Waals surface area (Å²) in [5.41, 5.74) is 0.261. The van der Waals surface area contributed by atoms with Crippen LogP contribution in [0.1, 0.15) is 17.1 Å². The van der Waals surface area contributed by atoms with Crippen LogP contribution in [-0.2, 0) is 15.1 Å². The van der Waals surface area contributed by atoms with Gasteiger partial charge in [-0.25, -0.2) is 0 Å². The van der Waals surface area contributed by atoms with Crippen LogP contribution in [0.25, 0.3) is 0 Å². The van der Waals surface area contributed by atoms with Crippen molar-refractivity contribution >= 4 is 27.5 Å². The summed E-state index contributed by atoms with van der Waals surface area (Å²) in [6, 6.07) is 12.8. The minimum Gasteiger partial charge on any atom is -0.465 e. The summed E-state index contributed by atoms with van der Waals surface area (Å²) in [5.74, 6) is 0.861. The molecule has 0 saturated heterocycles. The van der Waals surface area contributed by atoms with Crippen LogP contribution in [0.4, 0.5) is 5.69 Å². The van der Waals surface area contributed by atoms with Gasteiger partial charge in [-0.2, -0.15) is 0 Å². The van der Waals surface area contributed by atoms with Crippen molar-refractivity contribution in [2.75, 3.05) is 11.9 Å². The van der Waals surface area contributed by atoms with Gasteiger partial charge in [-0.1, -0.05) is 15.9 Å². The number of rotatable bonds is 2. The number of ether oxygens (including phenoxy) is 1. The van der Waals surface area contributed by atoms with Crippen molar-refractivity contribution in [3.05, 3.63) is 76.5 Å². The second-order valence-electron chi connectivity index (χ2n) is 5.16. The van der Waals surface area contributed by atoms with Gasteiger partial charge in [0, 0.05) is 15.7 Å². The van der Waals surface area contributed by atoms with Gasteiger partial charge in [-0.15, -0.1) is 0 Å². The summed E-state index contributed by atoms with van der Waals surface area (Å²) in [6.07, 6.45) is 3.14. The SMILES string of the molecule is O=C1COC(c2ccco2)(c2ccco2)c2cc(Br)ccc2N1. The molecule has 2 aromatic heterocycles. The fourth-order valence-electron chi connectivity index (χ4n) is 2.84. The Morgan fingerprint density at radius 2 is 1.74 bits per heavy atom. The average molecular weight is 374 g/mol. The maximum atomic E-state index is 12.0. The van der Waals surface area contributed by atoms with Crippen LogP contribution in [0.5, 0.6) is 0 Å². The highest BCUT2D eigenvalue weighted by Gasteiger charge is 2.47. The minimum absolute atomic E-state index is 0.117. The number of fused-ring (bicyclic) bond motifs is 1. The number of carbonyl (C=O) groups excluding carboxylic acids is 1. The fraction of sp³-hybridized carbons (Fsp3) is 0.118. The molecule has 6 heteroatoms. The average Bonchev–Trinajstić information content (AvgIpc) is 3.22. The summed E-state index contributed by atoms with van der Waals surface area (Å²) in [6.45, 7) is -0.117. The number of hydrogen-bond donors (Lipinski definition) is 1. The number of halogens is 1. The molecule has 23 heavy (non-hydrogen) atoms. The van der Waals surface area contributed by atoms with E-state index in [0.29, 0.717) is 17.2 Å². The molecule has 116 valence electrons. The van der Waals surface area contributed by atoms with Gasteiger partial charge < -0.3 is 18.9 Å². The lowest BCUT2D eigenvalue weighted by Crippen LogP contribution is -2.32. The van der Waals surface area contributed by atoms with Crippen LogP contribution in [0.3, 0.4) is 0 Å². The third-order valence-corrected chi connectivity index (χ3v) is 4.28. The lowest BCUT2D eigenvalue weighted by molar-refractivity contribution is -0.124. The van der Waals surface area contributed by atoms with Crippen LogP contribution >= 0.6 is 15.9 Å². The fourth-order valence-corrected chi connectivity index (χ4v) is 3.20. The van der Waals surface area contributed by atoms with E-state index in [1.807, 2.05) is 30.3 Å². The first-order valence-electron chi connectivity index (χ1n) is 7.02. The first-order valence-corrected chi connectivity index (χ1v) is 7.81. The Hall–Kier alpha value is -2.31. The molecule has 1 amide bonds. The molecule has 0 atom stereocenters. The first kappa shape index (κ1) is 14.3. The molecule has 0 aliphatic carbocycles. The molecular weight excluding hydrogens is 362 g/mol. The smallest absolute Gasteiger partial charge is 0.250 e. The monoisotopic (exact) mass is 373 g/mol. The summed E-state index contributed by atoms with van der Waals surface area (Å²) in [5, 5.41) is 2.86. The van der Waals surface area contributed by atoms with E-state index in [4.69, 9.17) is 13.6 Å². The van der Waals surface area contributed by atoms with E-state index < -0.39 is 5.60 Å². The minimum atomic E-state index is -1.13. The number of furan rings is 2. The molecule has 0 spiro atoms. The summed E-state index contributed by atoms with van der Waals surface area (Å²) in [4.78, 5) is 12.0. The van der Waals surface area contributed by atoms with E-state index >= 15 is 0 Å². The Morgan fingerprint density at radius 3 is 2.35 bits per heavy atom. The van der Waals surface area contributed by atoms with Gasteiger partial charge in [-0.3, -0.25) is 4.79 Å². The molecule has 1 aliphatic heterocycles. The Bertz CT molecular complexity index is 805. The molecule has 0 saturated carbocycles. The first-order chi connectivity index (χ1) is 11.2. The second-order valence-corrected chi connectivity index (χ2v) is 6.08. The second kappa shape index (κ2) is 5.40. The van der Waals surface area contributed by atoms with Crippen LogP contribution in [0, 0.1) is 0 Å². The molecule has 3 aromatic rings. The van der Waals surface area contributed by atoms with E-state index in [1.165, 1.54) is 0 Å². The molecule has 5 nitrogen and oxygen atoms in total. The normalized spacial score (nSPS) is 16.5. The Balaban J connectivity index is 2.06. The highest BCUT2D eigenvalue weighted by molar-refractivity contribution is 9.10. The van der Waals surface area contributed by atoms with E-state index in [9.17, 15) is 4.79 Å². The zero-order valence-corrected chi connectivity index (χ0v) is 13.5. The molecule has 0 unspecified atom stereocenters. The maximum absolute atomic E-state index is 12.0. The zero-order valence-electron chi connectivity index (χ0n) is 11.9. The third kappa shape index (κ3) is 2.22. The Morgan fingerprint density at radius 1 is 1.04 bits per heavy atom. The van der Waals surface area contributed by atoms with Crippen molar-refractivity contribution in [1.29, 1.82) is 0 Å². The lowest BCUT2D eigenvalue weighted by atomic mass is 9.87. The summed E-state index contributed by atoms with van der Waals surface area (Å²) >= 11 is 3.48. The maximum Gasteiger partial charge on any atom is 0.250 e. The number of benzene rings is 1. The van der Waals surface area contributed by atoms with Gasteiger partial charge in [0.05, 0.1) is 12.5 Å². The summed E-state index contributed by atoms with van der Waals surface area (Å²) in [7, 11) is 0. The molecule has 1 aromatic carbocycles. The Labute approximate surface area is 140 Å². The molecule has 0 radical (unpaired) electrons. The molecular formula is C17H12BrNO4. The predicted octanol–water partition coefficient (Wildman–Crippen LogP) is 3.90. The number of anilines is 1. The van der Waals surface area contributed by atoms with Crippen LogP contribution in [-0.4, -0.2) is 12.5 Å². The van der Waals surface area contributed by atoms with E-state index in [-0.39, 0.29) is 12.5 Å². The van der Waals surface area contributed by atoms with Crippen LogP contribution in [0.15, 0.2) is 68.3 Å². The molecule has 1 N–H and O–H groups in total. The van der Waals surface area contributed by atoms with Gasteiger partial charge in [0.25, 0.3) is 0 Å². The van der Waals surface area contributed by atoms with Crippen molar-refractivity contribution in [2.45, 2.75) is 5.60 Å². The standard InChI is InChI=1S/C17H12BrNO4/c18-11-5-6-13-12(9-11)17(14-3-1-7-21-14,15-4-2-8-22-15)23-10-16(20)19-13/h1-9H,10H2,(H,19,20).